The molecule has 0 bridgehead atoms. The molecular formula is C21H12BrClN4O4. The first-order valence-corrected chi connectivity index (χ1v) is 10.1. The molecule has 31 heavy (non-hydrogen) atoms. The highest BCUT2D eigenvalue weighted by molar-refractivity contribution is 9.10. The molecule has 4 aromatic rings. The number of nitro benzene ring substituents is 1. The summed E-state index contributed by atoms with van der Waals surface area (Å²) in [6.45, 7) is 0. The first-order valence-electron chi connectivity index (χ1n) is 8.88. The monoisotopic (exact) mass is 498 g/mol. The normalized spacial score (nSPS) is 10.8. The number of para-hydroxylation sites is 1. The van der Waals surface area contributed by atoms with Crippen LogP contribution in [0.4, 0.5) is 5.69 Å². The molecule has 0 aliphatic carbocycles. The van der Waals surface area contributed by atoms with Crippen LogP contribution in [-0.4, -0.2) is 20.5 Å². The molecule has 0 aliphatic rings. The zero-order chi connectivity index (χ0) is 22.1. The number of hydrogen-bond acceptors (Lipinski definition) is 5. The van der Waals surface area contributed by atoms with Crippen LogP contribution in [0.1, 0.15) is 10.4 Å². The summed E-state index contributed by atoms with van der Waals surface area (Å²) in [7, 11) is 0. The average Bonchev–Trinajstić information content (AvgIpc) is 2.76. The molecule has 4 rings (SSSR count). The molecule has 0 saturated carbocycles. The molecule has 0 saturated heterocycles. The number of benzene rings is 3. The highest BCUT2D eigenvalue weighted by Crippen LogP contribution is 2.24. The van der Waals surface area contributed by atoms with E-state index < -0.39 is 16.4 Å². The number of non-ortho nitro benzene ring substituents is 1. The Morgan fingerprint density at radius 1 is 1.10 bits per heavy atom. The highest BCUT2D eigenvalue weighted by atomic mass is 79.9. The number of halogens is 2. The van der Waals surface area contributed by atoms with E-state index >= 15 is 0 Å². The second kappa shape index (κ2) is 8.29. The molecule has 1 heterocycles. The Balaban J connectivity index is 1.84. The van der Waals surface area contributed by atoms with Crippen molar-refractivity contribution in [3.63, 3.8) is 0 Å². The molecule has 1 N–H and O–H groups in total. The number of carbonyl (C=O) groups excluding carboxylic acids is 1. The van der Waals surface area contributed by atoms with Crippen molar-refractivity contribution in [3.05, 3.63) is 102 Å². The molecule has 0 aliphatic heterocycles. The Labute approximate surface area is 188 Å². The smallest absolute Gasteiger partial charge is 0.267 e. The first kappa shape index (κ1) is 20.7. The standard InChI is InChI=1S/C21H12BrClN4O4/c22-13-7-5-12(6-8-13)19-24-18-4-2-1-3-16(18)21(29)26(19)25-20(28)15-10-9-14(27(30)31)11-17(15)23/h1-11H,(H,25,28). The first-order chi connectivity index (χ1) is 14.8. The lowest BCUT2D eigenvalue weighted by Crippen LogP contribution is -2.35. The van der Waals surface area contributed by atoms with E-state index in [9.17, 15) is 19.7 Å². The van der Waals surface area contributed by atoms with Crippen molar-refractivity contribution in [2.45, 2.75) is 0 Å². The molecule has 8 nitrogen and oxygen atoms in total. The summed E-state index contributed by atoms with van der Waals surface area (Å²) >= 11 is 9.43. The van der Waals surface area contributed by atoms with E-state index in [-0.39, 0.29) is 22.1 Å². The third-order valence-corrected chi connectivity index (χ3v) is 5.34. The Bertz CT molecular complexity index is 1400. The molecule has 0 unspecified atom stereocenters. The van der Waals surface area contributed by atoms with Gasteiger partial charge in [-0.25, -0.2) is 4.98 Å². The number of nitrogens with one attached hydrogen (secondary N) is 1. The average molecular weight is 500 g/mol. The fourth-order valence-electron chi connectivity index (χ4n) is 2.99. The fraction of sp³-hybridized carbons (Fsp3) is 0. The summed E-state index contributed by atoms with van der Waals surface area (Å²) in [5.41, 5.74) is 2.86. The van der Waals surface area contributed by atoms with Crippen LogP contribution in [0.25, 0.3) is 22.3 Å². The van der Waals surface area contributed by atoms with E-state index in [0.717, 1.165) is 21.3 Å². The maximum atomic E-state index is 13.2. The predicted octanol–water partition coefficient (Wildman–Crippen LogP) is 4.77. The van der Waals surface area contributed by atoms with Gasteiger partial charge in [-0.3, -0.25) is 25.1 Å². The zero-order valence-electron chi connectivity index (χ0n) is 15.6. The highest BCUT2D eigenvalue weighted by Gasteiger charge is 2.19. The maximum absolute atomic E-state index is 13.2. The van der Waals surface area contributed by atoms with Gasteiger partial charge in [0.05, 0.1) is 26.4 Å². The second-order valence-electron chi connectivity index (χ2n) is 6.46. The molecule has 0 atom stereocenters. The van der Waals surface area contributed by atoms with E-state index in [1.54, 1.807) is 48.5 Å². The molecule has 0 spiro atoms. The summed E-state index contributed by atoms with van der Waals surface area (Å²) in [6.07, 6.45) is 0. The van der Waals surface area contributed by atoms with Crippen LogP contribution in [0.2, 0.25) is 5.02 Å². The lowest BCUT2D eigenvalue weighted by atomic mass is 10.2. The van der Waals surface area contributed by atoms with Crippen molar-refractivity contribution in [2.75, 3.05) is 5.43 Å². The molecule has 154 valence electrons. The van der Waals surface area contributed by atoms with Gasteiger partial charge in [0.15, 0.2) is 5.82 Å². The summed E-state index contributed by atoms with van der Waals surface area (Å²) in [4.78, 5) is 40.9. The van der Waals surface area contributed by atoms with E-state index in [2.05, 4.69) is 26.3 Å². The summed E-state index contributed by atoms with van der Waals surface area (Å²) < 4.78 is 1.89. The van der Waals surface area contributed by atoms with Crippen molar-refractivity contribution in [1.82, 2.24) is 9.66 Å². The van der Waals surface area contributed by atoms with Crippen molar-refractivity contribution in [3.8, 4) is 11.4 Å². The number of hydrogen-bond donors (Lipinski definition) is 1. The molecule has 1 amide bonds. The minimum atomic E-state index is -0.711. The Kier molecular flexibility index (Phi) is 5.53. The second-order valence-corrected chi connectivity index (χ2v) is 7.79. The van der Waals surface area contributed by atoms with Gasteiger partial charge >= 0.3 is 0 Å². The van der Waals surface area contributed by atoms with Gasteiger partial charge in [-0.05, 0) is 30.3 Å². The molecule has 0 radical (unpaired) electrons. The Morgan fingerprint density at radius 3 is 2.48 bits per heavy atom. The van der Waals surface area contributed by atoms with Gasteiger partial charge < -0.3 is 0 Å². The number of rotatable bonds is 4. The molecule has 3 aromatic carbocycles. The Morgan fingerprint density at radius 2 is 1.81 bits per heavy atom. The van der Waals surface area contributed by atoms with Crippen LogP contribution in [-0.2, 0) is 0 Å². The molecule has 0 fully saturated rings. The van der Waals surface area contributed by atoms with Crippen molar-refractivity contribution in [1.29, 1.82) is 0 Å². The topological polar surface area (TPSA) is 107 Å². The van der Waals surface area contributed by atoms with Crippen LogP contribution >= 0.6 is 27.5 Å². The van der Waals surface area contributed by atoms with Crippen LogP contribution in [0.3, 0.4) is 0 Å². The van der Waals surface area contributed by atoms with Crippen LogP contribution < -0.4 is 11.0 Å². The van der Waals surface area contributed by atoms with E-state index in [1.807, 2.05) is 0 Å². The predicted molar refractivity (Wildman–Crippen MR) is 121 cm³/mol. The number of nitrogens with zero attached hydrogens (tertiary/aromatic N) is 3. The van der Waals surface area contributed by atoms with Gasteiger partial charge in [0.1, 0.15) is 0 Å². The minimum Gasteiger partial charge on any atom is -0.267 e. The van der Waals surface area contributed by atoms with Crippen LogP contribution in [0, 0.1) is 10.1 Å². The van der Waals surface area contributed by atoms with Crippen molar-refractivity contribution in [2.24, 2.45) is 0 Å². The van der Waals surface area contributed by atoms with Gasteiger partial charge in [0.25, 0.3) is 17.2 Å². The Hall–Kier alpha value is -3.56. The van der Waals surface area contributed by atoms with Crippen molar-refractivity contribution < 1.29 is 9.72 Å². The maximum Gasteiger partial charge on any atom is 0.280 e. The zero-order valence-corrected chi connectivity index (χ0v) is 17.9. The summed E-state index contributed by atoms with van der Waals surface area (Å²) in [5.74, 6) is -0.486. The summed E-state index contributed by atoms with van der Waals surface area (Å²) in [5, 5.41) is 11.1. The largest absolute Gasteiger partial charge is 0.280 e. The molecule has 1 aromatic heterocycles. The van der Waals surface area contributed by atoms with E-state index in [1.165, 1.54) is 6.07 Å². The third-order valence-electron chi connectivity index (χ3n) is 4.50. The minimum absolute atomic E-state index is 0.0194. The number of fused-ring (bicyclic) bond motifs is 1. The van der Waals surface area contributed by atoms with Gasteiger partial charge in [-0.15, -0.1) is 0 Å². The van der Waals surface area contributed by atoms with Gasteiger partial charge in [0.2, 0.25) is 0 Å². The number of carbonyl (C=O) groups is 1. The SMILES string of the molecule is O=C(Nn1c(-c2ccc(Br)cc2)nc2ccccc2c1=O)c1ccc([N+](=O)[O-])cc1Cl. The van der Waals surface area contributed by atoms with Crippen molar-refractivity contribution >= 4 is 50.0 Å². The van der Waals surface area contributed by atoms with E-state index in [0.29, 0.717) is 16.5 Å². The van der Waals surface area contributed by atoms with Gasteiger partial charge in [-0.1, -0.05) is 51.8 Å². The number of aromatic nitrogens is 2. The summed E-state index contributed by atoms with van der Waals surface area (Å²) in [6, 6.07) is 17.3. The molecule has 10 heteroatoms. The van der Waals surface area contributed by atoms with E-state index in [4.69, 9.17) is 11.6 Å². The quantitative estimate of drug-likeness (QED) is 0.321. The van der Waals surface area contributed by atoms with Crippen LogP contribution in [0.5, 0.6) is 0 Å². The third kappa shape index (κ3) is 4.05. The van der Waals surface area contributed by atoms with Gasteiger partial charge in [0, 0.05) is 22.2 Å². The number of amides is 1. The lowest BCUT2D eigenvalue weighted by Gasteiger charge is -2.15. The van der Waals surface area contributed by atoms with Crippen LogP contribution in [0.15, 0.2) is 76.0 Å². The van der Waals surface area contributed by atoms with Gasteiger partial charge in [-0.2, -0.15) is 4.68 Å². The fourth-order valence-corrected chi connectivity index (χ4v) is 3.52. The lowest BCUT2D eigenvalue weighted by molar-refractivity contribution is -0.384. The molecular weight excluding hydrogens is 488 g/mol. The number of nitro groups is 1.